The van der Waals surface area contributed by atoms with Crippen molar-refractivity contribution in [1.82, 2.24) is 5.32 Å². The predicted octanol–water partition coefficient (Wildman–Crippen LogP) is 3.47. The van der Waals surface area contributed by atoms with Crippen LogP contribution in [0.3, 0.4) is 0 Å². The van der Waals surface area contributed by atoms with E-state index in [0.717, 1.165) is 36.3 Å². The van der Waals surface area contributed by atoms with E-state index in [1.54, 1.807) is 30.3 Å². The molecule has 0 spiro atoms. The van der Waals surface area contributed by atoms with Gasteiger partial charge < -0.3 is 9.32 Å². The zero-order valence-electron chi connectivity index (χ0n) is 14.3. The number of anilines is 2. The van der Waals surface area contributed by atoms with E-state index < -0.39 is 11.8 Å². The molecule has 2 aliphatic rings. The maximum atomic E-state index is 12.9. The van der Waals surface area contributed by atoms with E-state index in [2.05, 4.69) is 26.1 Å². The van der Waals surface area contributed by atoms with Gasteiger partial charge in [-0.25, -0.2) is 0 Å². The van der Waals surface area contributed by atoms with Crippen LogP contribution in [0.4, 0.5) is 11.6 Å². The Kier molecular flexibility index (Phi) is 4.84. The lowest BCUT2D eigenvalue weighted by atomic mass is 10.1. The monoisotopic (exact) mass is 445 g/mol. The molecule has 0 saturated carbocycles. The number of hydrogen-bond acceptors (Lipinski definition) is 5. The lowest BCUT2D eigenvalue weighted by Gasteiger charge is -2.28. The number of carbonyl (C=O) groups is 2. The van der Waals surface area contributed by atoms with Gasteiger partial charge >= 0.3 is 0 Å². The molecule has 1 aromatic carbocycles. The van der Waals surface area contributed by atoms with Gasteiger partial charge in [0.15, 0.2) is 11.0 Å². The number of amides is 2. The maximum Gasteiger partial charge on any atom is 0.270 e. The Hall–Kier alpha value is -2.45. The van der Waals surface area contributed by atoms with E-state index in [-0.39, 0.29) is 10.7 Å². The molecular formula is C19H16BrN3O3S. The summed E-state index contributed by atoms with van der Waals surface area (Å²) in [6, 6.07) is 10.7. The molecule has 0 atom stereocenters. The van der Waals surface area contributed by atoms with E-state index in [1.807, 2.05) is 6.07 Å². The van der Waals surface area contributed by atoms with Gasteiger partial charge in [-0.15, -0.1) is 0 Å². The lowest BCUT2D eigenvalue weighted by molar-refractivity contribution is -0.122. The molecule has 2 saturated heterocycles. The van der Waals surface area contributed by atoms with Crippen molar-refractivity contribution in [3.63, 3.8) is 0 Å². The summed E-state index contributed by atoms with van der Waals surface area (Å²) < 4.78 is 6.69. The van der Waals surface area contributed by atoms with Gasteiger partial charge in [0, 0.05) is 23.6 Å². The first-order valence-corrected chi connectivity index (χ1v) is 9.75. The number of furan rings is 1. The molecule has 8 heteroatoms. The third kappa shape index (κ3) is 3.54. The van der Waals surface area contributed by atoms with E-state index in [4.69, 9.17) is 16.6 Å². The molecule has 1 aromatic heterocycles. The van der Waals surface area contributed by atoms with Gasteiger partial charge in [-0.05, 0) is 61.5 Å². The highest BCUT2D eigenvalue weighted by Crippen LogP contribution is 2.27. The van der Waals surface area contributed by atoms with Crippen molar-refractivity contribution in [2.75, 3.05) is 22.9 Å². The maximum absolute atomic E-state index is 12.9. The number of halogens is 1. The number of benzene rings is 1. The van der Waals surface area contributed by atoms with Crippen LogP contribution in [-0.2, 0) is 9.59 Å². The normalized spacial score (nSPS) is 19.1. The lowest BCUT2D eigenvalue weighted by Crippen LogP contribution is -2.54. The summed E-state index contributed by atoms with van der Waals surface area (Å²) in [5, 5.41) is 2.63. The van der Waals surface area contributed by atoms with E-state index in [1.165, 1.54) is 11.0 Å². The number of carbonyl (C=O) groups excluding carboxylic acids is 2. The van der Waals surface area contributed by atoms with Gasteiger partial charge in [-0.1, -0.05) is 15.9 Å². The highest BCUT2D eigenvalue weighted by atomic mass is 79.9. The minimum Gasteiger partial charge on any atom is -0.441 e. The summed E-state index contributed by atoms with van der Waals surface area (Å²) in [4.78, 5) is 28.7. The van der Waals surface area contributed by atoms with Crippen molar-refractivity contribution in [2.45, 2.75) is 12.8 Å². The highest BCUT2D eigenvalue weighted by molar-refractivity contribution is 9.10. The molecule has 2 aromatic rings. The van der Waals surface area contributed by atoms with Crippen LogP contribution in [0.15, 0.2) is 50.9 Å². The summed E-state index contributed by atoms with van der Waals surface area (Å²) in [5.74, 6) is 0.199. The second-order valence-corrected chi connectivity index (χ2v) is 7.61. The van der Waals surface area contributed by atoms with Crippen molar-refractivity contribution < 1.29 is 14.0 Å². The molecular weight excluding hydrogens is 430 g/mol. The zero-order valence-corrected chi connectivity index (χ0v) is 16.7. The molecule has 2 amide bonds. The molecule has 4 rings (SSSR count). The smallest absolute Gasteiger partial charge is 0.270 e. The Morgan fingerprint density at radius 3 is 2.48 bits per heavy atom. The molecule has 2 fully saturated rings. The van der Waals surface area contributed by atoms with Crippen LogP contribution in [0.5, 0.6) is 0 Å². The summed E-state index contributed by atoms with van der Waals surface area (Å²) in [7, 11) is 0. The second-order valence-electron chi connectivity index (χ2n) is 6.30. The first-order valence-electron chi connectivity index (χ1n) is 8.55. The van der Waals surface area contributed by atoms with E-state index in [9.17, 15) is 9.59 Å². The van der Waals surface area contributed by atoms with Crippen LogP contribution in [-0.4, -0.2) is 30.0 Å². The second kappa shape index (κ2) is 7.28. The SMILES string of the molecule is O=C1NC(=S)N(c2ccc(Br)cc2)C(=O)/C1=C/c1ccc(N2CCCC2)o1. The summed E-state index contributed by atoms with van der Waals surface area (Å²) in [5.41, 5.74) is 0.560. The fourth-order valence-electron chi connectivity index (χ4n) is 3.15. The van der Waals surface area contributed by atoms with Crippen molar-refractivity contribution in [3.8, 4) is 0 Å². The molecule has 0 bridgehead atoms. The van der Waals surface area contributed by atoms with Crippen molar-refractivity contribution in [1.29, 1.82) is 0 Å². The number of nitrogens with zero attached hydrogens (tertiary/aromatic N) is 2. The summed E-state index contributed by atoms with van der Waals surface area (Å²) >= 11 is 8.56. The average molecular weight is 446 g/mol. The van der Waals surface area contributed by atoms with Crippen molar-refractivity contribution in [3.05, 3.63) is 52.2 Å². The van der Waals surface area contributed by atoms with Crippen molar-refractivity contribution >= 4 is 62.7 Å². The molecule has 2 aliphatic heterocycles. The minimum absolute atomic E-state index is 0.0196. The third-order valence-corrected chi connectivity index (χ3v) is 5.32. The molecule has 27 heavy (non-hydrogen) atoms. The Balaban J connectivity index is 1.64. The van der Waals surface area contributed by atoms with Gasteiger partial charge in [-0.2, -0.15) is 0 Å². The topological polar surface area (TPSA) is 65.8 Å². The standard InChI is InChI=1S/C19H16BrN3O3S/c20-12-3-5-13(6-4-12)23-18(25)15(17(24)21-19(23)27)11-14-7-8-16(26-14)22-9-1-2-10-22/h3-8,11H,1-2,9-10H2,(H,21,24,27)/b15-11+. The number of hydrogen-bond donors (Lipinski definition) is 1. The Bertz CT molecular complexity index is 945. The van der Waals surface area contributed by atoms with Crippen LogP contribution in [0.2, 0.25) is 0 Å². The molecule has 0 aliphatic carbocycles. The quantitative estimate of drug-likeness (QED) is 0.445. The van der Waals surface area contributed by atoms with Crippen LogP contribution < -0.4 is 15.1 Å². The Morgan fingerprint density at radius 2 is 1.78 bits per heavy atom. The van der Waals surface area contributed by atoms with Gasteiger partial charge in [-0.3, -0.25) is 19.8 Å². The largest absolute Gasteiger partial charge is 0.441 e. The van der Waals surface area contributed by atoms with E-state index >= 15 is 0 Å². The first kappa shape index (κ1) is 17.9. The zero-order chi connectivity index (χ0) is 19.0. The molecule has 6 nitrogen and oxygen atoms in total. The molecule has 138 valence electrons. The molecule has 3 heterocycles. The fourth-order valence-corrected chi connectivity index (χ4v) is 3.70. The first-order chi connectivity index (χ1) is 13.0. The van der Waals surface area contributed by atoms with Crippen LogP contribution in [0.25, 0.3) is 6.08 Å². The number of thiocarbonyl (C=S) groups is 1. The van der Waals surface area contributed by atoms with Gasteiger partial charge in [0.2, 0.25) is 0 Å². The van der Waals surface area contributed by atoms with Crippen molar-refractivity contribution in [2.24, 2.45) is 0 Å². The molecule has 0 radical (unpaired) electrons. The van der Waals surface area contributed by atoms with E-state index in [0.29, 0.717) is 11.4 Å². The Labute approximate surface area is 169 Å². The highest BCUT2D eigenvalue weighted by Gasteiger charge is 2.34. The van der Waals surface area contributed by atoms with Crippen LogP contribution in [0, 0.1) is 0 Å². The van der Waals surface area contributed by atoms with Crippen LogP contribution >= 0.6 is 28.1 Å². The minimum atomic E-state index is -0.530. The van der Waals surface area contributed by atoms with Crippen LogP contribution in [0.1, 0.15) is 18.6 Å². The average Bonchev–Trinajstić information content (AvgIpc) is 3.31. The summed E-state index contributed by atoms with van der Waals surface area (Å²) in [6.45, 7) is 1.91. The fraction of sp³-hybridized carbons (Fsp3) is 0.211. The van der Waals surface area contributed by atoms with Gasteiger partial charge in [0.05, 0.1) is 5.69 Å². The number of nitrogens with one attached hydrogen (secondary N) is 1. The molecule has 1 N–H and O–H groups in total. The summed E-state index contributed by atoms with van der Waals surface area (Å²) in [6.07, 6.45) is 3.74. The number of rotatable bonds is 3. The van der Waals surface area contributed by atoms with Gasteiger partial charge in [0.25, 0.3) is 11.8 Å². The predicted molar refractivity (Wildman–Crippen MR) is 111 cm³/mol. The molecule has 0 unspecified atom stereocenters. The Morgan fingerprint density at radius 1 is 1.07 bits per heavy atom. The van der Waals surface area contributed by atoms with Gasteiger partial charge in [0.1, 0.15) is 11.3 Å². The third-order valence-electron chi connectivity index (χ3n) is 4.50.